The van der Waals surface area contributed by atoms with Gasteiger partial charge in [0.15, 0.2) is 5.82 Å². The third-order valence-corrected chi connectivity index (χ3v) is 9.73. The van der Waals surface area contributed by atoms with Gasteiger partial charge in [0, 0.05) is 37.4 Å². The molecule has 1 aliphatic carbocycles. The lowest BCUT2D eigenvalue weighted by Gasteiger charge is -2.36. The highest BCUT2D eigenvalue weighted by molar-refractivity contribution is 6.28. The topological polar surface area (TPSA) is 230 Å². The van der Waals surface area contributed by atoms with Gasteiger partial charge in [-0.1, -0.05) is 30.3 Å². The van der Waals surface area contributed by atoms with Crippen LogP contribution in [0.3, 0.4) is 0 Å². The Morgan fingerprint density at radius 3 is 2.09 bits per heavy atom. The van der Waals surface area contributed by atoms with Crippen molar-refractivity contribution in [1.29, 1.82) is 10.5 Å². The normalized spacial score (nSPS) is 17.6. The van der Waals surface area contributed by atoms with Crippen LogP contribution in [0.2, 0.25) is 5.28 Å². The van der Waals surface area contributed by atoms with Crippen molar-refractivity contribution in [2.45, 2.75) is 56.4 Å². The Kier molecular flexibility index (Phi) is 12.6. The van der Waals surface area contributed by atoms with Crippen molar-refractivity contribution in [1.82, 2.24) is 45.2 Å². The summed E-state index contributed by atoms with van der Waals surface area (Å²) in [5.41, 5.74) is 3.35. The molecule has 0 unspecified atom stereocenters. The Bertz CT molecular complexity index is 2210. The van der Waals surface area contributed by atoms with Crippen molar-refractivity contribution in [3.63, 3.8) is 0 Å². The van der Waals surface area contributed by atoms with Gasteiger partial charge >= 0.3 is 6.03 Å². The Hall–Kier alpha value is -6.47. The zero-order valence-electron chi connectivity index (χ0n) is 31.0. The van der Waals surface area contributed by atoms with Crippen molar-refractivity contribution in [2.75, 3.05) is 47.3 Å². The van der Waals surface area contributed by atoms with E-state index in [-0.39, 0.29) is 35.5 Å². The number of ether oxygens (including phenoxy) is 2. The highest BCUT2D eigenvalue weighted by Gasteiger charge is 2.32. The van der Waals surface area contributed by atoms with Crippen molar-refractivity contribution < 1.29 is 14.3 Å². The summed E-state index contributed by atoms with van der Waals surface area (Å²) < 4.78 is 11.9. The van der Waals surface area contributed by atoms with E-state index in [0.717, 1.165) is 36.8 Å². The zero-order valence-corrected chi connectivity index (χ0v) is 31.8. The number of amides is 2. The van der Waals surface area contributed by atoms with Crippen LogP contribution in [0.5, 0.6) is 0 Å². The average molecular weight is 790 g/mol. The van der Waals surface area contributed by atoms with Gasteiger partial charge in [-0.3, -0.25) is 9.58 Å². The molecule has 2 amide bonds. The van der Waals surface area contributed by atoms with E-state index < -0.39 is 0 Å². The molecule has 292 valence electrons. The van der Waals surface area contributed by atoms with Crippen LogP contribution in [0.1, 0.15) is 42.4 Å². The molecule has 0 atom stereocenters. The molecule has 3 fully saturated rings. The molecule has 8 rings (SSSR count). The first kappa shape index (κ1) is 38.8. The molecule has 1 aromatic carbocycles. The van der Waals surface area contributed by atoms with E-state index in [4.69, 9.17) is 26.3 Å². The van der Waals surface area contributed by atoms with Crippen LogP contribution in [0.4, 0.5) is 28.2 Å². The molecule has 5 aromatic rings. The molecule has 18 nitrogen and oxygen atoms in total. The second-order valence-electron chi connectivity index (χ2n) is 13.7. The Morgan fingerprint density at radius 1 is 0.842 bits per heavy atom. The standard InChI is InChI=1S/C30H33N11O2.C8H7ClN4O/c1-40-17-22(16-34-40)26-11-12-27(39-38-26)41(30(42)33-14-20-5-3-2-4-6-20)25-9-7-23(8-10-25)36-29-32-15-21(13-31)28(37-29)35-24-18-43-19-24;9-8-11-2-5(1-10)7(13-8)12-6-3-14-4-6/h2-6,11-12,15-17,23-25H,7-10,14,18-19H2,1H3,(H,33,42)(H2,32,35,36,37);2,6H,3-4H2,(H,11,12,13). The van der Waals surface area contributed by atoms with Crippen LogP contribution in [0.25, 0.3) is 11.3 Å². The van der Waals surface area contributed by atoms with E-state index in [2.05, 4.69) is 62.6 Å². The smallest absolute Gasteiger partial charge is 0.323 e. The maximum absolute atomic E-state index is 13.6. The van der Waals surface area contributed by atoms with Crippen LogP contribution in [-0.4, -0.2) is 96.5 Å². The SMILES string of the molecule is Cn1cc(-c2ccc(N(C(=O)NCc3ccccc3)C3CCC(Nc4ncc(C#N)c(NC5COC5)n4)CC3)nn2)cn1.N#Cc1cnc(Cl)nc1NC1COC1. The molecule has 6 heterocycles. The van der Waals surface area contributed by atoms with Crippen molar-refractivity contribution in [2.24, 2.45) is 7.05 Å². The number of halogens is 1. The lowest BCUT2D eigenvalue weighted by molar-refractivity contribution is 0.0209. The van der Waals surface area contributed by atoms with Crippen LogP contribution in [-0.2, 0) is 23.1 Å². The summed E-state index contributed by atoms with van der Waals surface area (Å²) in [7, 11) is 1.85. The number of anilines is 4. The molecule has 0 radical (unpaired) electrons. The van der Waals surface area contributed by atoms with E-state index in [1.807, 2.05) is 61.8 Å². The number of aryl methyl sites for hydroxylation is 1. The Labute approximate surface area is 333 Å². The van der Waals surface area contributed by atoms with Gasteiger partial charge in [-0.05, 0) is 55.0 Å². The summed E-state index contributed by atoms with van der Waals surface area (Å²) in [6.45, 7) is 2.86. The number of hydrogen-bond donors (Lipinski definition) is 4. The van der Waals surface area contributed by atoms with Gasteiger partial charge in [0.05, 0.1) is 62.8 Å². The maximum Gasteiger partial charge on any atom is 0.323 e. The number of nitrogens with one attached hydrogen (secondary N) is 4. The minimum atomic E-state index is -0.213. The number of carbonyl (C=O) groups excluding carboxylic acids is 1. The monoisotopic (exact) mass is 789 g/mol. The highest BCUT2D eigenvalue weighted by Crippen LogP contribution is 2.29. The van der Waals surface area contributed by atoms with Crippen LogP contribution >= 0.6 is 11.6 Å². The Balaban J connectivity index is 0.000000297. The van der Waals surface area contributed by atoms with Gasteiger partial charge in [-0.25, -0.2) is 14.8 Å². The van der Waals surface area contributed by atoms with Gasteiger partial charge in [0.25, 0.3) is 0 Å². The summed E-state index contributed by atoms with van der Waals surface area (Å²) in [5, 5.41) is 44.3. The summed E-state index contributed by atoms with van der Waals surface area (Å²) in [5.74, 6) is 1.96. The average Bonchev–Trinajstić information content (AvgIpc) is 3.65. The minimum absolute atomic E-state index is 0.0647. The van der Waals surface area contributed by atoms with E-state index >= 15 is 0 Å². The molecule has 2 saturated heterocycles. The van der Waals surface area contributed by atoms with Gasteiger partial charge in [-0.15, -0.1) is 10.2 Å². The largest absolute Gasteiger partial charge is 0.377 e. The van der Waals surface area contributed by atoms with E-state index in [0.29, 0.717) is 73.2 Å². The second-order valence-corrected chi connectivity index (χ2v) is 14.0. The summed E-state index contributed by atoms with van der Waals surface area (Å²) in [6.07, 6.45) is 9.66. The first-order valence-corrected chi connectivity index (χ1v) is 18.8. The van der Waals surface area contributed by atoms with Crippen LogP contribution in [0, 0.1) is 22.7 Å². The lowest BCUT2D eigenvalue weighted by atomic mass is 9.90. The second kappa shape index (κ2) is 18.4. The minimum Gasteiger partial charge on any atom is -0.377 e. The summed E-state index contributed by atoms with van der Waals surface area (Å²) in [4.78, 5) is 31.9. The number of urea groups is 1. The third-order valence-electron chi connectivity index (χ3n) is 9.55. The maximum atomic E-state index is 13.6. The first-order chi connectivity index (χ1) is 27.8. The number of aromatic nitrogens is 8. The number of benzene rings is 1. The van der Waals surface area contributed by atoms with Crippen LogP contribution < -0.4 is 26.2 Å². The summed E-state index contributed by atoms with van der Waals surface area (Å²) in [6, 6.07) is 17.9. The van der Waals surface area contributed by atoms with Gasteiger partial charge in [0.1, 0.15) is 34.9 Å². The number of nitriles is 2. The molecule has 2 aliphatic heterocycles. The number of hydrogen-bond acceptors (Lipinski definition) is 15. The predicted octanol–water partition coefficient (Wildman–Crippen LogP) is 4.30. The third kappa shape index (κ3) is 10.0. The number of nitrogens with zero attached hydrogens (tertiary/aromatic N) is 11. The summed E-state index contributed by atoms with van der Waals surface area (Å²) >= 11 is 5.62. The molecular weight excluding hydrogens is 750 g/mol. The molecule has 57 heavy (non-hydrogen) atoms. The number of rotatable bonds is 11. The molecule has 19 heteroatoms. The molecule has 4 aromatic heterocycles. The van der Waals surface area contributed by atoms with E-state index in [9.17, 15) is 10.1 Å². The molecule has 0 bridgehead atoms. The zero-order chi connectivity index (χ0) is 39.6. The molecule has 4 N–H and O–H groups in total. The molecular formula is C38H40ClN15O3. The fraction of sp³-hybridized carbons (Fsp3) is 0.368. The highest BCUT2D eigenvalue weighted by atomic mass is 35.5. The quantitative estimate of drug-likeness (QED) is 0.137. The van der Waals surface area contributed by atoms with E-state index in [1.165, 1.54) is 12.4 Å². The predicted molar refractivity (Wildman–Crippen MR) is 210 cm³/mol. The van der Waals surface area contributed by atoms with Gasteiger partial charge < -0.3 is 30.7 Å². The lowest BCUT2D eigenvalue weighted by Crippen LogP contribution is -2.49. The molecule has 0 spiro atoms. The van der Waals surface area contributed by atoms with Crippen molar-refractivity contribution in [3.8, 4) is 23.4 Å². The van der Waals surface area contributed by atoms with Crippen molar-refractivity contribution >= 4 is 41.0 Å². The van der Waals surface area contributed by atoms with Gasteiger partial charge in [-0.2, -0.15) is 25.6 Å². The Morgan fingerprint density at radius 2 is 1.51 bits per heavy atom. The first-order valence-electron chi connectivity index (χ1n) is 18.4. The molecule has 1 saturated carbocycles. The van der Waals surface area contributed by atoms with E-state index in [1.54, 1.807) is 15.8 Å². The fourth-order valence-corrected chi connectivity index (χ4v) is 6.49. The fourth-order valence-electron chi connectivity index (χ4n) is 6.36. The number of carbonyl (C=O) groups is 1. The van der Waals surface area contributed by atoms with Crippen LogP contribution in [0.15, 0.2) is 67.3 Å². The molecule has 3 aliphatic rings. The van der Waals surface area contributed by atoms with Crippen molar-refractivity contribution in [3.05, 3.63) is 89.2 Å². The van der Waals surface area contributed by atoms with Gasteiger partial charge in [0.2, 0.25) is 11.2 Å².